The van der Waals surface area contributed by atoms with Crippen molar-refractivity contribution in [3.8, 4) is 39.5 Å². The molecule has 2 aromatic heterocycles. The molecule has 0 radical (unpaired) electrons. The van der Waals surface area contributed by atoms with Crippen LogP contribution in [0.25, 0.3) is 33.8 Å². The van der Waals surface area contributed by atoms with Crippen LogP contribution >= 0.6 is 0 Å². The van der Waals surface area contributed by atoms with E-state index in [2.05, 4.69) is 34.1 Å². The lowest BCUT2D eigenvalue weighted by Crippen LogP contribution is -2.16. The number of nitrogens with zero attached hydrogens (tertiary/aromatic N) is 3. The Morgan fingerprint density at radius 2 is 1.37 bits per heavy atom. The molecule has 0 aliphatic carbocycles. The van der Waals surface area contributed by atoms with Gasteiger partial charge in [-0.2, -0.15) is 0 Å². The number of rotatable bonds is 7. The number of pyridine rings is 1. The third-order valence-electron chi connectivity index (χ3n) is 5.88. The highest BCUT2D eigenvalue weighted by atomic mass is 19.4. The molecular formula is C30H23F3N4O. The van der Waals surface area contributed by atoms with Crippen molar-refractivity contribution in [1.29, 1.82) is 0 Å². The summed E-state index contributed by atoms with van der Waals surface area (Å²) < 4.78 is 41.5. The van der Waals surface area contributed by atoms with E-state index in [1.165, 1.54) is 12.1 Å². The lowest BCUT2D eigenvalue weighted by molar-refractivity contribution is -0.274. The molecule has 2 heterocycles. The van der Waals surface area contributed by atoms with Gasteiger partial charge in [-0.25, -0.2) is 9.97 Å². The summed E-state index contributed by atoms with van der Waals surface area (Å²) in [6, 6.07) is 29.2. The Bertz CT molecular complexity index is 1510. The summed E-state index contributed by atoms with van der Waals surface area (Å²) in [4.78, 5) is 13.9. The first kappa shape index (κ1) is 25.0. The van der Waals surface area contributed by atoms with E-state index in [1.807, 2.05) is 60.7 Å². The summed E-state index contributed by atoms with van der Waals surface area (Å²) in [6.07, 6.45) is -1.39. The molecule has 0 amide bonds. The van der Waals surface area contributed by atoms with Crippen molar-refractivity contribution in [3.05, 3.63) is 115 Å². The van der Waals surface area contributed by atoms with Gasteiger partial charge in [0.05, 0.1) is 5.69 Å². The van der Waals surface area contributed by atoms with Crippen LogP contribution in [0.3, 0.4) is 0 Å². The molecular weight excluding hydrogens is 489 g/mol. The average molecular weight is 513 g/mol. The van der Waals surface area contributed by atoms with E-state index in [-0.39, 0.29) is 11.8 Å². The SMILES string of the molecule is CC(Nc1cc(-c2cncc(-c3ccc(OC(F)(F)F)cc3)c2)nc(-c2ccccc2)n1)c1ccccc1. The summed E-state index contributed by atoms with van der Waals surface area (Å²) in [5.41, 5.74) is 4.82. The van der Waals surface area contributed by atoms with E-state index >= 15 is 0 Å². The molecule has 5 nitrogen and oxygen atoms in total. The van der Waals surface area contributed by atoms with Crippen molar-refractivity contribution in [2.24, 2.45) is 0 Å². The Morgan fingerprint density at radius 3 is 2.05 bits per heavy atom. The van der Waals surface area contributed by atoms with E-state index in [4.69, 9.17) is 9.97 Å². The van der Waals surface area contributed by atoms with Crippen LogP contribution in [0, 0.1) is 0 Å². The van der Waals surface area contributed by atoms with Crippen LogP contribution in [0.1, 0.15) is 18.5 Å². The number of aromatic nitrogens is 3. The standard InChI is InChI=1S/C30H23F3N4O/c1-20(21-8-4-2-5-9-21)35-28-17-27(36-29(37-28)23-10-6-3-7-11-23)25-16-24(18-34-19-25)22-12-14-26(15-13-22)38-30(31,32)33/h2-20H,1H3,(H,35,36,37). The number of hydrogen-bond donors (Lipinski definition) is 1. The zero-order valence-corrected chi connectivity index (χ0v) is 20.4. The lowest BCUT2D eigenvalue weighted by Gasteiger charge is -2.17. The maximum atomic E-state index is 12.5. The van der Waals surface area contributed by atoms with Crippen LogP contribution in [0.15, 0.2) is 109 Å². The molecule has 1 N–H and O–H groups in total. The lowest BCUT2D eigenvalue weighted by atomic mass is 10.0. The highest BCUT2D eigenvalue weighted by Crippen LogP contribution is 2.30. The second-order valence-corrected chi connectivity index (χ2v) is 8.64. The van der Waals surface area contributed by atoms with Gasteiger partial charge in [-0.15, -0.1) is 13.2 Å². The number of alkyl halides is 3. The fourth-order valence-corrected chi connectivity index (χ4v) is 4.02. The predicted molar refractivity (Wildman–Crippen MR) is 141 cm³/mol. The van der Waals surface area contributed by atoms with Crippen LogP contribution in [0.5, 0.6) is 5.75 Å². The van der Waals surface area contributed by atoms with Crippen LogP contribution in [-0.4, -0.2) is 21.3 Å². The van der Waals surface area contributed by atoms with Crippen LogP contribution in [-0.2, 0) is 0 Å². The van der Waals surface area contributed by atoms with Crippen molar-refractivity contribution in [3.63, 3.8) is 0 Å². The molecule has 3 aromatic carbocycles. The Hall–Kier alpha value is -4.72. The number of anilines is 1. The normalized spacial score (nSPS) is 12.1. The van der Waals surface area contributed by atoms with E-state index in [0.717, 1.165) is 22.3 Å². The molecule has 8 heteroatoms. The molecule has 0 aliphatic rings. The minimum atomic E-state index is -4.74. The number of nitrogens with one attached hydrogen (secondary N) is 1. The molecule has 0 bridgehead atoms. The smallest absolute Gasteiger partial charge is 0.406 e. The van der Waals surface area contributed by atoms with Gasteiger partial charge in [0.25, 0.3) is 0 Å². The minimum absolute atomic E-state index is 0.00413. The molecule has 5 rings (SSSR count). The maximum absolute atomic E-state index is 12.5. The van der Waals surface area contributed by atoms with Gasteiger partial charge >= 0.3 is 6.36 Å². The molecule has 0 saturated carbocycles. The van der Waals surface area contributed by atoms with E-state index in [1.54, 1.807) is 24.5 Å². The van der Waals surface area contributed by atoms with Crippen LogP contribution in [0.2, 0.25) is 0 Å². The number of benzene rings is 3. The Balaban J connectivity index is 1.50. The highest BCUT2D eigenvalue weighted by Gasteiger charge is 2.31. The Kier molecular flexibility index (Phi) is 7.04. The van der Waals surface area contributed by atoms with E-state index < -0.39 is 6.36 Å². The van der Waals surface area contributed by atoms with Gasteiger partial charge in [0.15, 0.2) is 5.82 Å². The third-order valence-corrected chi connectivity index (χ3v) is 5.88. The van der Waals surface area contributed by atoms with E-state index in [0.29, 0.717) is 22.9 Å². The third kappa shape index (κ3) is 6.15. The summed E-state index contributed by atoms with van der Waals surface area (Å²) >= 11 is 0. The van der Waals surface area contributed by atoms with Gasteiger partial charge in [-0.1, -0.05) is 72.8 Å². The first-order chi connectivity index (χ1) is 18.3. The maximum Gasteiger partial charge on any atom is 0.573 e. The van der Waals surface area contributed by atoms with Crippen molar-refractivity contribution < 1.29 is 17.9 Å². The average Bonchev–Trinajstić information content (AvgIpc) is 2.93. The number of hydrogen-bond acceptors (Lipinski definition) is 5. The zero-order chi connectivity index (χ0) is 26.5. The van der Waals surface area contributed by atoms with Crippen LogP contribution in [0.4, 0.5) is 19.0 Å². The second kappa shape index (κ2) is 10.7. The van der Waals surface area contributed by atoms with Crippen molar-refractivity contribution in [2.75, 3.05) is 5.32 Å². The molecule has 0 spiro atoms. The molecule has 0 aliphatic heterocycles. The molecule has 1 atom stereocenters. The Morgan fingerprint density at radius 1 is 0.711 bits per heavy atom. The minimum Gasteiger partial charge on any atom is -0.406 e. The number of ether oxygens (including phenoxy) is 1. The van der Waals surface area contributed by atoms with Gasteiger partial charge in [0.1, 0.15) is 11.6 Å². The van der Waals surface area contributed by atoms with Gasteiger partial charge in [-0.05, 0) is 36.2 Å². The molecule has 0 fully saturated rings. The van der Waals surface area contributed by atoms with Gasteiger partial charge in [0, 0.05) is 41.2 Å². The van der Waals surface area contributed by atoms with Crippen LogP contribution < -0.4 is 10.1 Å². The topological polar surface area (TPSA) is 59.9 Å². The van der Waals surface area contributed by atoms with Gasteiger partial charge in [0.2, 0.25) is 0 Å². The van der Waals surface area contributed by atoms with Crippen molar-refractivity contribution in [2.45, 2.75) is 19.3 Å². The molecule has 38 heavy (non-hydrogen) atoms. The summed E-state index contributed by atoms with van der Waals surface area (Å²) in [7, 11) is 0. The molecule has 5 aromatic rings. The largest absolute Gasteiger partial charge is 0.573 e. The van der Waals surface area contributed by atoms with E-state index in [9.17, 15) is 13.2 Å². The first-order valence-corrected chi connectivity index (χ1v) is 11.9. The molecule has 190 valence electrons. The summed E-state index contributed by atoms with van der Waals surface area (Å²) in [5.74, 6) is 0.936. The van der Waals surface area contributed by atoms with Gasteiger partial charge in [-0.3, -0.25) is 4.98 Å². The summed E-state index contributed by atoms with van der Waals surface area (Å²) in [5, 5.41) is 3.47. The fourth-order valence-electron chi connectivity index (χ4n) is 4.02. The molecule has 0 saturated heterocycles. The van der Waals surface area contributed by atoms with Crippen molar-refractivity contribution >= 4 is 5.82 Å². The number of halogens is 3. The fraction of sp³-hybridized carbons (Fsp3) is 0.100. The second-order valence-electron chi connectivity index (χ2n) is 8.64. The first-order valence-electron chi connectivity index (χ1n) is 11.9. The monoisotopic (exact) mass is 512 g/mol. The molecule has 1 unspecified atom stereocenters. The van der Waals surface area contributed by atoms with Gasteiger partial charge < -0.3 is 10.1 Å². The summed E-state index contributed by atoms with van der Waals surface area (Å²) in [6.45, 7) is 2.06. The van der Waals surface area contributed by atoms with Crippen molar-refractivity contribution in [1.82, 2.24) is 15.0 Å². The quantitative estimate of drug-likeness (QED) is 0.240. The zero-order valence-electron chi connectivity index (χ0n) is 20.4. The Labute approximate surface area is 218 Å². The predicted octanol–water partition coefficient (Wildman–Crippen LogP) is 7.94. The highest BCUT2D eigenvalue weighted by molar-refractivity contribution is 5.73.